The lowest BCUT2D eigenvalue weighted by Crippen LogP contribution is -2.28. The molecule has 0 aromatic carbocycles. The number of nitrogen functional groups attached to an aromatic ring is 1. The number of hydrogen-bond donors (Lipinski definition) is 2. The van der Waals surface area contributed by atoms with Gasteiger partial charge in [-0.25, -0.2) is 10.8 Å². The fourth-order valence-corrected chi connectivity index (χ4v) is 1.47. The van der Waals surface area contributed by atoms with E-state index in [9.17, 15) is 4.79 Å². The maximum absolute atomic E-state index is 11.9. The minimum atomic E-state index is 0.0244. The Morgan fingerprint density at radius 3 is 3.00 bits per heavy atom. The predicted molar refractivity (Wildman–Crippen MR) is 57.2 cm³/mol. The Balaban J connectivity index is 2.16. The molecule has 5 nitrogen and oxygen atoms in total. The van der Waals surface area contributed by atoms with Crippen molar-refractivity contribution < 1.29 is 4.79 Å². The molecule has 1 aliphatic rings. The largest absolute Gasteiger partial charge is 0.339 e. The summed E-state index contributed by atoms with van der Waals surface area (Å²) in [5.41, 5.74) is 3.04. The van der Waals surface area contributed by atoms with E-state index in [0.717, 1.165) is 12.8 Å². The van der Waals surface area contributed by atoms with Crippen molar-refractivity contribution >= 4 is 11.7 Å². The van der Waals surface area contributed by atoms with Crippen molar-refractivity contribution in [3.63, 3.8) is 0 Å². The van der Waals surface area contributed by atoms with Crippen LogP contribution in [0.1, 0.15) is 23.2 Å². The Kier molecular flexibility index (Phi) is 2.55. The first kappa shape index (κ1) is 9.92. The molecule has 0 radical (unpaired) electrons. The quantitative estimate of drug-likeness (QED) is 0.561. The van der Waals surface area contributed by atoms with Crippen LogP contribution >= 0.6 is 0 Å². The summed E-state index contributed by atoms with van der Waals surface area (Å²) < 4.78 is 0. The zero-order valence-electron chi connectivity index (χ0n) is 8.60. The monoisotopic (exact) mass is 206 g/mol. The molecule has 1 amide bonds. The predicted octanol–water partition coefficient (Wildman–Crippen LogP) is 0.602. The van der Waals surface area contributed by atoms with Crippen LogP contribution < -0.4 is 11.3 Å². The normalized spacial score (nSPS) is 14.8. The lowest BCUT2D eigenvalue weighted by atomic mass is 10.2. The summed E-state index contributed by atoms with van der Waals surface area (Å²) in [6.07, 6.45) is 3.79. The summed E-state index contributed by atoms with van der Waals surface area (Å²) in [4.78, 5) is 17.7. The van der Waals surface area contributed by atoms with Crippen molar-refractivity contribution in [2.24, 2.45) is 5.84 Å². The molecule has 1 saturated carbocycles. The molecule has 5 heteroatoms. The summed E-state index contributed by atoms with van der Waals surface area (Å²) in [7, 11) is 1.83. The van der Waals surface area contributed by atoms with E-state index in [2.05, 4.69) is 10.4 Å². The van der Waals surface area contributed by atoms with E-state index in [0.29, 0.717) is 17.4 Å². The van der Waals surface area contributed by atoms with E-state index >= 15 is 0 Å². The molecule has 1 aromatic rings. The Morgan fingerprint density at radius 2 is 2.40 bits per heavy atom. The second-order valence-electron chi connectivity index (χ2n) is 3.72. The summed E-state index contributed by atoms with van der Waals surface area (Å²) in [5, 5.41) is 0. The van der Waals surface area contributed by atoms with Crippen LogP contribution in [0.2, 0.25) is 0 Å². The molecule has 1 aromatic heterocycles. The molecule has 15 heavy (non-hydrogen) atoms. The number of aromatic nitrogens is 1. The van der Waals surface area contributed by atoms with E-state index < -0.39 is 0 Å². The molecule has 0 saturated heterocycles. The number of anilines is 1. The van der Waals surface area contributed by atoms with Crippen LogP contribution in [-0.4, -0.2) is 28.9 Å². The van der Waals surface area contributed by atoms with E-state index in [1.165, 1.54) is 0 Å². The number of nitrogens with two attached hydrogens (primary N) is 1. The lowest BCUT2D eigenvalue weighted by Gasteiger charge is -2.16. The molecular formula is C10H14N4O. The third-order valence-electron chi connectivity index (χ3n) is 2.57. The summed E-state index contributed by atoms with van der Waals surface area (Å²) in [5.74, 6) is 5.76. The Labute approximate surface area is 88.3 Å². The minimum absolute atomic E-state index is 0.0244. The van der Waals surface area contributed by atoms with Crippen LogP contribution in [0.4, 0.5) is 5.82 Å². The van der Waals surface area contributed by atoms with Crippen LogP contribution in [-0.2, 0) is 0 Å². The van der Waals surface area contributed by atoms with Gasteiger partial charge in [0.05, 0.1) is 0 Å². The number of nitrogens with one attached hydrogen (secondary N) is 1. The fourth-order valence-electron chi connectivity index (χ4n) is 1.47. The molecule has 0 atom stereocenters. The van der Waals surface area contributed by atoms with E-state index in [-0.39, 0.29) is 5.91 Å². The van der Waals surface area contributed by atoms with Gasteiger partial charge in [-0.05, 0) is 25.0 Å². The van der Waals surface area contributed by atoms with Crippen molar-refractivity contribution in [3.05, 3.63) is 23.9 Å². The molecule has 1 aliphatic carbocycles. The highest BCUT2D eigenvalue weighted by Gasteiger charge is 2.30. The first-order chi connectivity index (χ1) is 7.22. The smallest absolute Gasteiger partial charge is 0.254 e. The second kappa shape index (κ2) is 3.86. The number of rotatable bonds is 3. The van der Waals surface area contributed by atoms with Crippen molar-refractivity contribution in [1.82, 2.24) is 9.88 Å². The molecule has 0 spiro atoms. The van der Waals surface area contributed by atoms with Crippen molar-refractivity contribution in [3.8, 4) is 0 Å². The van der Waals surface area contributed by atoms with Gasteiger partial charge in [-0.15, -0.1) is 0 Å². The van der Waals surface area contributed by atoms with Gasteiger partial charge in [0.2, 0.25) is 0 Å². The first-order valence-electron chi connectivity index (χ1n) is 4.92. The van der Waals surface area contributed by atoms with Crippen LogP contribution in [0, 0.1) is 0 Å². The van der Waals surface area contributed by atoms with Gasteiger partial charge in [-0.2, -0.15) is 0 Å². The van der Waals surface area contributed by atoms with E-state index in [1.54, 1.807) is 23.2 Å². The molecule has 3 N–H and O–H groups in total. The molecule has 1 heterocycles. The number of hydrogen-bond acceptors (Lipinski definition) is 4. The number of carbonyl (C=O) groups is 1. The highest BCUT2D eigenvalue weighted by Crippen LogP contribution is 2.26. The van der Waals surface area contributed by atoms with Crippen LogP contribution in [0.5, 0.6) is 0 Å². The maximum atomic E-state index is 11.9. The Hall–Kier alpha value is -1.62. The minimum Gasteiger partial charge on any atom is -0.339 e. The van der Waals surface area contributed by atoms with E-state index in [1.807, 2.05) is 7.05 Å². The summed E-state index contributed by atoms with van der Waals surface area (Å²) in [6.45, 7) is 0. The van der Waals surface area contributed by atoms with Gasteiger partial charge in [0, 0.05) is 24.8 Å². The number of nitrogens with zero attached hydrogens (tertiary/aromatic N) is 2. The molecular weight excluding hydrogens is 192 g/mol. The molecule has 2 rings (SSSR count). The third-order valence-corrected chi connectivity index (χ3v) is 2.57. The summed E-state index contributed by atoms with van der Waals surface area (Å²) >= 11 is 0. The number of pyridine rings is 1. The second-order valence-corrected chi connectivity index (χ2v) is 3.72. The highest BCUT2D eigenvalue weighted by molar-refractivity contribution is 5.95. The van der Waals surface area contributed by atoms with Crippen LogP contribution in [0.25, 0.3) is 0 Å². The number of carbonyl (C=O) groups excluding carboxylic acids is 1. The topological polar surface area (TPSA) is 71.2 Å². The van der Waals surface area contributed by atoms with Crippen molar-refractivity contribution in [1.29, 1.82) is 0 Å². The number of hydrazine groups is 1. The number of amides is 1. The van der Waals surface area contributed by atoms with Gasteiger partial charge in [0.25, 0.3) is 5.91 Å². The highest BCUT2D eigenvalue weighted by atomic mass is 16.2. The van der Waals surface area contributed by atoms with Crippen LogP contribution in [0.15, 0.2) is 18.3 Å². The third kappa shape index (κ3) is 2.07. The van der Waals surface area contributed by atoms with Gasteiger partial charge in [0.15, 0.2) is 0 Å². The molecule has 0 aliphatic heterocycles. The molecule has 0 unspecified atom stereocenters. The summed E-state index contributed by atoms with van der Waals surface area (Å²) in [6, 6.07) is 3.77. The average Bonchev–Trinajstić information content (AvgIpc) is 3.11. The maximum Gasteiger partial charge on any atom is 0.254 e. The zero-order chi connectivity index (χ0) is 10.8. The van der Waals surface area contributed by atoms with Crippen molar-refractivity contribution in [2.75, 3.05) is 12.5 Å². The van der Waals surface area contributed by atoms with Gasteiger partial charge < -0.3 is 10.3 Å². The molecule has 80 valence electrons. The molecule has 1 fully saturated rings. The van der Waals surface area contributed by atoms with Gasteiger partial charge in [-0.3, -0.25) is 4.79 Å². The zero-order valence-corrected chi connectivity index (χ0v) is 8.60. The van der Waals surface area contributed by atoms with E-state index in [4.69, 9.17) is 5.84 Å². The Morgan fingerprint density at radius 1 is 1.67 bits per heavy atom. The van der Waals surface area contributed by atoms with Gasteiger partial charge >= 0.3 is 0 Å². The fraction of sp³-hybridized carbons (Fsp3) is 0.400. The van der Waals surface area contributed by atoms with Crippen LogP contribution in [0.3, 0.4) is 0 Å². The Bertz CT molecular complexity index is 375. The van der Waals surface area contributed by atoms with Gasteiger partial charge in [0.1, 0.15) is 5.82 Å². The lowest BCUT2D eigenvalue weighted by molar-refractivity contribution is 0.0785. The standard InChI is InChI=1S/C10H14N4O/c1-14(8-2-3-8)10(15)7-4-5-12-9(6-7)13-11/h4-6,8H,2-3,11H2,1H3,(H,12,13). The SMILES string of the molecule is CN(C(=O)c1ccnc(NN)c1)C1CC1. The molecule has 0 bridgehead atoms. The first-order valence-corrected chi connectivity index (χ1v) is 4.92. The van der Waals surface area contributed by atoms with Gasteiger partial charge in [-0.1, -0.05) is 0 Å². The average molecular weight is 206 g/mol. The van der Waals surface area contributed by atoms with Crippen molar-refractivity contribution in [2.45, 2.75) is 18.9 Å².